The van der Waals surface area contributed by atoms with Gasteiger partial charge in [0.2, 0.25) is 5.91 Å². The summed E-state index contributed by atoms with van der Waals surface area (Å²) >= 11 is 0. The van der Waals surface area contributed by atoms with Crippen LogP contribution >= 0.6 is 0 Å². The van der Waals surface area contributed by atoms with E-state index >= 15 is 0 Å². The van der Waals surface area contributed by atoms with E-state index in [9.17, 15) is 9.90 Å². The second-order valence-corrected chi connectivity index (χ2v) is 7.42. The second kappa shape index (κ2) is 9.20. The first kappa shape index (κ1) is 19.7. The molecular weight excluding hydrogens is 316 g/mol. The Hall–Kier alpha value is -1.59. The highest BCUT2D eigenvalue weighted by molar-refractivity contribution is 5.75. The number of likely N-dealkylation sites (tertiary alicyclic amines) is 1. The van der Waals surface area contributed by atoms with Crippen molar-refractivity contribution in [3.63, 3.8) is 0 Å². The summed E-state index contributed by atoms with van der Waals surface area (Å²) in [5, 5.41) is 10.3. The number of aliphatic hydroxyl groups is 1. The highest BCUT2D eigenvalue weighted by atomic mass is 16.5. The van der Waals surface area contributed by atoms with Crippen molar-refractivity contribution in [2.45, 2.75) is 39.2 Å². The van der Waals surface area contributed by atoms with Gasteiger partial charge >= 0.3 is 0 Å². The summed E-state index contributed by atoms with van der Waals surface area (Å²) in [7, 11) is 3.62. The van der Waals surface area contributed by atoms with Crippen LogP contribution in [0.4, 0.5) is 0 Å². The Balaban J connectivity index is 1.72. The summed E-state index contributed by atoms with van der Waals surface area (Å²) in [5.74, 6) is 1.55. The largest absolute Gasteiger partial charge is 0.490 e. The molecule has 0 bridgehead atoms. The average molecular weight is 348 g/mol. The Bertz CT molecular complexity index is 546. The molecule has 1 aromatic carbocycles. The molecule has 140 valence electrons. The molecule has 5 heteroatoms. The number of aliphatic hydroxyl groups excluding tert-OH is 1. The van der Waals surface area contributed by atoms with Crippen molar-refractivity contribution in [1.82, 2.24) is 9.80 Å². The van der Waals surface area contributed by atoms with Gasteiger partial charge in [0.05, 0.1) is 0 Å². The van der Waals surface area contributed by atoms with Gasteiger partial charge in [-0.1, -0.05) is 18.2 Å². The highest BCUT2D eigenvalue weighted by Gasteiger charge is 2.23. The van der Waals surface area contributed by atoms with Gasteiger partial charge in [-0.2, -0.15) is 0 Å². The van der Waals surface area contributed by atoms with Gasteiger partial charge in [0.25, 0.3) is 0 Å². The van der Waals surface area contributed by atoms with Crippen LogP contribution in [0.25, 0.3) is 0 Å². The number of hydrogen-bond acceptors (Lipinski definition) is 4. The fourth-order valence-corrected chi connectivity index (χ4v) is 3.36. The Labute approximate surface area is 151 Å². The maximum Gasteiger partial charge on any atom is 0.222 e. The van der Waals surface area contributed by atoms with Crippen LogP contribution in [0, 0.1) is 19.8 Å². The maximum absolute atomic E-state index is 11.8. The van der Waals surface area contributed by atoms with E-state index in [4.69, 9.17) is 4.74 Å². The van der Waals surface area contributed by atoms with Crippen LogP contribution in [0.5, 0.6) is 5.75 Å². The zero-order valence-corrected chi connectivity index (χ0v) is 16.0. The molecule has 1 amide bonds. The fraction of sp³-hybridized carbons (Fsp3) is 0.650. The molecule has 25 heavy (non-hydrogen) atoms. The van der Waals surface area contributed by atoms with E-state index < -0.39 is 6.10 Å². The number of amides is 1. The molecule has 0 radical (unpaired) electrons. The number of ether oxygens (including phenoxy) is 1. The monoisotopic (exact) mass is 348 g/mol. The van der Waals surface area contributed by atoms with Crippen LogP contribution in [0.2, 0.25) is 0 Å². The summed E-state index contributed by atoms with van der Waals surface area (Å²) in [4.78, 5) is 15.7. The predicted molar refractivity (Wildman–Crippen MR) is 99.9 cm³/mol. The number of carbonyl (C=O) groups excluding carboxylic acids is 1. The Morgan fingerprint density at radius 1 is 1.28 bits per heavy atom. The number of β-amino-alcohol motifs (C(OH)–C–C–N with tert-alkyl or cyclic N) is 1. The Morgan fingerprint density at radius 3 is 2.44 bits per heavy atom. The molecule has 1 heterocycles. The van der Waals surface area contributed by atoms with Gasteiger partial charge in [-0.15, -0.1) is 0 Å². The average Bonchev–Trinajstić information content (AvgIpc) is 2.56. The van der Waals surface area contributed by atoms with E-state index in [1.54, 1.807) is 4.90 Å². The van der Waals surface area contributed by atoms with Crippen molar-refractivity contribution < 1.29 is 14.6 Å². The minimum atomic E-state index is -0.501. The molecule has 1 aliphatic heterocycles. The smallest absolute Gasteiger partial charge is 0.222 e. The number of rotatable bonds is 7. The Morgan fingerprint density at radius 2 is 1.88 bits per heavy atom. The van der Waals surface area contributed by atoms with E-state index in [2.05, 4.69) is 4.90 Å². The molecular formula is C20H32N2O3. The zero-order valence-electron chi connectivity index (χ0n) is 16.0. The summed E-state index contributed by atoms with van der Waals surface area (Å²) in [6.07, 6.45) is 2.17. The van der Waals surface area contributed by atoms with Crippen molar-refractivity contribution in [1.29, 1.82) is 0 Å². The molecule has 0 spiro atoms. The summed E-state index contributed by atoms with van der Waals surface area (Å²) in [6.45, 7) is 6.85. The van der Waals surface area contributed by atoms with Crippen LogP contribution in [0.3, 0.4) is 0 Å². The lowest BCUT2D eigenvalue weighted by Gasteiger charge is -2.33. The maximum atomic E-state index is 11.8. The first-order valence-electron chi connectivity index (χ1n) is 9.16. The van der Waals surface area contributed by atoms with Crippen molar-refractivity contribution in [2.75, 3.05) is 40.3 Å². The molecule has 1 aliphatic rings. The molecule has 1 N–H and O–H groups in total. The quantitative estimate of drug-likeness (QED) is 0.821. The van der Waals surface area contributed by atoms with Crippen molar-refractivity contribution in [2.24, 2.45) is 5.92 Å². The number of hydrogen-bond donors (Lipinski definition) is 1. The molecule has 0 aromatic heterocycles. The van der Waals surface area contributed by atoms with Gasteiger partial charge in [0.15, 0.2) is 0 Å². The van der Waals surface area contributed by atoms with Gasteiger partial charge < -0.3 is 19.6 Å². The molecule has 5 nitrogen and oxygen atoms in total. The lowest BCUT2D eigenvalue weighted by Crippen LogP contribution is -2.41. The van der Waals surface area contributed by atoms with E-state index in [0.29, 0.717) is 25.5 Å². The second-order valence-electron chi connectivity index (χ2n) is 7.42. The fourth-order valence-electron chi connectivity index (χ4n) is 3.36. The number of carbonyl (C=O) groups is 1. The molecule has 1 aromatic rings. The lowest BCUT2D eigenvalue weighted by atomic mass is 9.93. The van der Waals surface area contributed by atoms with Crippen LogP contribution in [0.15, 0.2) is 18.2 Å². The van der Waals surface area contributed by atoms with E-state index in [1.165, 1.54) is 0 Å². The van der Waals surface area contributed by atoms with E-state index in [0.717, 1.165) is 42.8 Å². The zero-order chi connectivity index (χ0) is 18.4. The molecule has 0 saturated carbocycles. The van der Waals surface area contributed by atoms with Crippen LogP contribution in [-0.4, -0.2) is 67.3 Å². The molecule has 0 aliphatic carbocycles. The van der Waals surface area contributed by atoms with Crippen LogP contribution in [0.1, 0.15) is 30.4 Å². The van der Waals surface area contributed by atoms with Crippen molar-refractivity contribution in [3.8, 4) is 5.75 Å². The van der Waals surface area contributed by atoms with Gasteiger partial charge in [-0.25, -0.2) is 0 Å². The summed E-state index contributed by atoms with van der Waals surface area (Å²) in [6, 6.07) is 6.06. The highest BCUT2D eigenvalue weighted by Crippen LogP contribution is 2.23. The molecule has 2 rings (SSSR count). The lowest BCUT2D eigenvalue weighted by molar-refractivity contribution is -0.130. The first-order chi connectivity index (χ1) is 11.9. The summed E-state index contributed by atoms with van der Waals surface area (Å²) in [5.41, 5.74) is 2.19. The SMILES string of the molecule is Cc1cccc(C)c1OCC(O)CN1CCC(CC(=O)N(C)C)CC1. The van der Waals surface area contributed by atoms with Gasteiger partial charge in [0, 0.05) is 27.1 Å². The van der Waals surface area contributed by atoms with Crippen LogP contribution in [-0.2, 0) is 4.79 Å². The van der Waals surface area contributed by atoms with Gasteiger partial charge in [0.1, 0.15) is 18.5 Å². The number of aryl methyl sites for hydroxylation is 2. The molecule has 1 saturated heterocycles. The standard InChI is InChI=1S/C20H32N2O3/c1-15-6-5-7-16(2)20(15)25-14-18(23)13-22-10-8-17(9-11-22)12-19(24)21(3)4/h5-7,17-18,23H,8-14H2,1-4H3. The molecule has 1 atom stereocenters. The third-order valence-corrected chi connectivity index (χ3v) is 4.97. The number of para-hydroxylation sites is 1. The summed E-state index contributed by atoms with van der Waals surface area (Å²) < 4.78 is 5.84. The Kier molecular flexibility index (Phi) is 7.26. The number of nitrogens with zero attached hydrogens (tertiary/aromatic N) is 2. The van der Waals surface area contributed by atoms with E-state index in [-0.39, 0.29) is 5.91 Å². The third kappa shape index (κ3) is 6.01. The number of benzene rings is 1. The predicted octanol–water partition coefficient (Wildman–Crippen LogP) is 2.23. The number of piperidine rings is 1. The van der Waals surface area contributed by atoms with Crippen molar-refractivity contribution >= 4 is 5.91 Å². The van der Waals surface area contributed by atoms with Crippen LogP contribution < -0.4 is 4.74 Å². The van der Waals surface area contributed by atoms with Gasteiger partial charge in [-0.05, 0) is 56.8 Å². The van der Waals surface area contributed by atoms with Gasteiger partial charge in [-0.3, -0.25) is 4.79 Å². The molecule has 1 unspecified atom stereocenters. The molecule has 1 fully saturated rings. The normalized spacial score (nSPS) is 17.3. The van der Waals surface area contributed by atoms with E-state index in [1.807, 2.05) is 46.1 Å². The first-order valence-corrected chi connectivity index (χ1v) is 9.16. The topological polar surface area (TPSA) is 53.0 Å². The third-order valence-electron chi connectivity index (χ3n) is 4.97. The van der Waals surface area contributed by atoms with Crippen molar-refractivity contribution in [3.05, 3.63) is 29.3 Å². The minimum Gasteiger partial charge on any atom is -0.490 e. The minimum absolute atomic E-state index is 0.209.